The minimum atomic E-state index is -3.84. The first-order valence-corrected chi connectivity index (χ1v) is 5.74. The van der Waals surface area contributed by atoms with E-state index >= 15 is 0 Å². The van der Waals surface area contributed by atoms with Crippen LogP contribution in [0.25, 0.3) is 0 Å². The van der Waals surface area contributed by atoms with Gasteiger partial charge in [-0.3, -0.25) is 4.55 Å². The Hall–Kier alpha value is -0.170. The molecule has 5 nitrogen and oxygen atoms in total. The van der Waals surface area contributed by atoms with Gasteiger partial charge in [0.1, 0.15) is 0 Å². The largest absolute Gasteiger partial charge is 0.392 e. The van der Waals surface area contributed by atoms with Crippen LogP contribution in [-0.2, 0) is 10.1 Å². The van der Waals surface area contributed by atoms with Crippen molar-refractivity contribution in [3.05, 3.63) is 0 Å². The molecule has 0 aliphatic carbocycles. The van der Waals surface area contributed by atoms with Crippen molar-refractivity contribution >= 4 is 10.1 Å². The summed E-state index contributed by atoms with van der Waals surface area (Å²) in [5.41, 5.74) is 0. The summed E-state index contributed by atoms with van der Waals surface area (Å²) < 4.78 is 29.1. The predicted molar refractivity (Wildman–Crippen MR) is 50.2 cm³/mol. The third-order valence-corrected chi connectivity index (χ3v) is 2.32. The highest BCUT2D eigenvalue weighted by Gasteiger charge is 2.06. The van der Waals surface area contributed by atoms with E-state index < -0.39 is 16.2 Å². The molecular weight excluding hydrogens is 194 g/mol. The summed E-state index contributed by atoms with van der Waals surface area (Å²) >= 11 is 0. The molecule has 2 N–H and O–H groups in total. The molecule has 0 aliphatic rings. The van der Waals surface area contributed by atoms with Crippen LogP contribution in [0.1, 0.15) is 13.3 Å². The number of likely N-dealkylation sites (N-methyl/N-ethyl adjacent to an activating group) is 1. The fraction of sp³-hybridized carbons (Fsp3) is 1.00. The molecule has 0 rings (SSSR count). The first-order chi connectivity index (χ1) is 5.81. The zero-order valence-electron chi connectivity index (χ0n) is 7.97. The van der Waals surface area contributed by atoms with Gasteiger partial charge in [-0.1, -0.05) is 0 Å². The predicted octanol–water partition coefficient (Wildman–Crippen LogP) is -0.423. The summed E-state index contributed by atoms with van der Waals surface area (Å²) in [5.74, 6) is -0.225. The van der Waals surface area contributed by atoms with Gasteiger partial charge in [0.25, 0.3) is 10.1 Å². The lowest BCUT2D eigenvalue weighted by Gasteiger charge is -2.17. The van der Waals surface area contributed by atoms with E-state index in [2.05, 4.69) is 0 Å². The lowest BCUT2D eigenvalue weighted by molar-refractivity contribution is 0.141. The fourth-order valence-electron chi connectivity index (χ4n) is 1.06. The number of nitrogens with zero attached hydrogens (tertiary/aromatic N) is 1. The number of hydrogen-bond acceptors (Lipinski definition) is 4. The molecule has 0 saturated heterocycles. The molecule has 0 amide bonds. The Morgan fingerprint density at radius 2 is 2.00 bits per heavy atom. The zero-order chi connectivity index (χ0) is 10.5. The van der Waals surface area contributed by atoms with Gasteiger partial charge in [-0.05, 0) is 26.9 Å². The Labute approximate surface area is 79.1 Å². The molecule has 0 heterocycles. The van der Waals surface area contributed by atoms with Crippen molar-refractivity contribution in [2.24, 2.45) is 0 Å². The van der Waals surface area contributed by atoms with Crippen LogP contribution in [0.5, 0.6) is 0 Å². The third-order valence-electron chi connectivity index (χ3n) is 1.52. The van der Waals surface area contributed by atoms with Gasteiger partial charge in [0.05, 0.1) is 11.9 Å². The van der Waals surface area contributed by atoms with E-state index in [1.54, 1.807) is 14.0 Å². The van der Waals surface area contributed by atoms with Crippen LogP contribution in [0.2, 0.25) is 0 Å². The first kappa shape index (κ1) is 12.8. The number of aliphatic hydroxyl groups is 1. The third kappa shape index (κ3) is 9.75. The van der Waals surface area contributed by atoms with Gasteiger partial charge in [0, 0.05) is 6.54 Å². The average Bonchev–Trinajstić information content (AvgIpc) is 1.81. The van der Waals surface area contributed by atoms with Crippen LogP contribution < -0.4 is 0 Å². The van der Waals surface area contributed by atoms with E-state index in [0.717, 1.165) is 0 Å². The summed E-state index contributed by atoms with van der Waals surface area (Å²) in [6, 6.07) is 0. The van der Waals surface area contributed by atoms with Gasteiger partial charge >= 0.3 is 0 Å². The molecule has 80 valence electrons. The van der Waals surface area contributed by atoms with Crippen molar-refractivity contribution < 1.29 is 18.1 Å². The van der Waals surface area contributed by atoms with Crippen molar-refractivity contribution in [2.45, 2.75) is 19.4 Å². The minimum absolute atomic E-state index is 0.225. The second kappa shape index (κ2) is 5.54. The zero-order valence-corrected chi connectivity index (χ0v) is 8.79. The molecule has 0 radical (unpaired) electrons. The maximum Gasteiger partial charge on any atom is 0.264 e. The van der Waals surface area contributed by atoms with Crippen molar-refractivity contribution in [1.29, 1.82) is 0 Å². The normalized spacial score (nSPS) is 14.8. The van der Waals surface area contributed by atoms with Crippen LogP contribution in [0.4, 0.5) is 0 Å². The molecule has 0 aromatic carbocycles. The van der Waals surface area contributed by atoms with Crippen molar-refractivity contribution in [2.75, 3.05) is 25.9 Å². The molecule has 0 aliphatic heterocycles. The Bertz CT molecular complexity index is 225. The van der Waals surface area contributed by atoms with Gasteiger partial charge < -0.3 is 10.0 Å². The van der Waals surface area contributed by atoms with E-state index in [0.29, 0.717) is 19.5 Å². The number of rotatable bonds is 6. The Morgan fingerprint density at radius 3 is 2.38 bits per heavy atom. The molecule has 0 spiro atoms. The fourth-order valence-corrected chi connectivity index (χ4v) is 1.55. The maximum absolute atomic E-state index is 10.3. The van der Waals surface area contributed by atoms with E-state index in [9.17, 15) is 8.42 Å². The molecule has 0 aromatic heterocycles. The Balaban J connectivity index is 3.54. The van der Waals surface area contributed by atoms with Gasteiger partial charge in [0.15, 0.2) is 0 Å². The molecule has 6 heteroatoms. The average molecular weight is 211 g/mol. The number of aliphatic hydroxyl groups excluding tert-OH is 1. The molecular formula is C7H17NO4S. The van der Waals surface area contributed by atoms with Crippen LogP contribution >= 0.6 is 0 Å². The van der Waals surface area contributed by atoms with Gasteiger partial charge in [-0.25, -0.2) is 0 Å². The summed E-state index contributed by atoms with van der Waals surface area (Å²) in [6.45, 7) is 2.72. The van der Waals surface area contributed by atoms with Crippen LogP contribution in [-0.4, -0.2) is 55.0 Å². The van der Waals surface area contributed by atoms with Gasteiger partial charge in [0.2, 0.25) is 0 Å². The van der Waals surface area contributed by atoms with Crippen LogP contribution in [0.15, 0.2) is 0 Å². The van der Waals surface area contributed by atoms with Crippen LogP contribution in [0.3, 0.4) is 0 Å². The standard InChI is InChI=1S/C7H17NO4S/c1-7(9)6-8(2)4-3-5-13(10,11)12/h7,9H,3-6H2,1-2H3,(H,10,11,12). The SMILES string of the molecule is CC(O)CN(C)CCCS(=O)(=O)O. The molecule has 0 fully saturated rings. The highest BCUT2D eigenvalue weighted by Crippen LogP contribution is 1.93. The summed E-state index contributed by atoms with van der Waals surface area (Å²) in [4.78, 5) is 1.82. The Kier molecular flexibility index (Phi) is 5.46. The lowest BCUT2D eigenvalue weighted by Crippen LogP contribution is -2.29. The second-order valence-electron chi connectivity index (χ2n) is 3.25. The lowest BCUT2D eigenvalue weighted by atomic mass is 10.3. The minimum Gasteiger partial charge on any atom is -0.392 e. The summed E-state index contributed by atoms with van der Waals surface area (Å²) in [7, 11) is -2.05. The quantitative estimate of drug-likeness (QED) is 0.583. The first-order valence-electron chi connectivity index (χ1n) is 4.13. The highest BCUT2D eigenvalue weighted by molar-refractivity contribution is 7.85. The van der Waals surface area contributed by atoms with E-state index in [4.69, 9.17) is 9.66 Å². The van der Waals surface area contributed by atoms with Gasteiger partial charge in [-0.15, -0.1) is 0 Å². The molecule has 0 bridgehead atoms. The molecule has 1 atom stereocenters. The number of hydrogen-bond donors (Lipinski definition) is 2. The topological polar surface area (TPSA) is 77.8 Å². The van der Waals surface area contributed by atoms with Crippen molar-refractivity contribution in [3.63, 3.8) is 0 Å². The molecule has 13 heavy (non-hydrogen) atoms. The summed E-state index contributed by atoms with van der Waals surface area (Å²) in [6.07, 6.45) is -0.0436. The van der Waals surface area contributed by atoms with E-state index in [-0.39, 0.29) is 5.75 Å². The summed E-state index contributed by atoms with van der Waals surface area (Å²) in [5, 5.41) is 8.97. The molecule has 0 saturated carbocycles. The molecule has 1 unspecified atom stereocenters. The smallest absolute Gasteiger partial charge is 0.264 e. The van der Waals surface area contributed by atoms with Crippen molar-refractivity contribution in [3.8, 4) is 0 Å². The second-order valence-corrected chi connectivity index (χ2v) is 4.82. The van der Waals surface area contributed by atoms with E-state index in [1.165, 1.54) is 0 Å². The molecule has 0 aromatic rings. The Morgan fingerprint density at radius 1 is 1.46 bits per heavy atom. The van der Waals surface area contributed by atoms with E-state index in [1.807, 2.05) is 4.90 Å². The highest BCUT2D eigenvalue weighted by atomic mass is 32.2. The van der Waals surface area contributed by atoms with Crippen LogP contribution in [0, 0.1) is 0 Å². The van der Waals surface area contributed by atoms with Gasteiger partial charge in [-0.2, -0.15) is 8.42 Å². The van der Waals surface area contributed by atoms with Crippen molar-refractivity contribution in [1.82, 2.24) is 4.90 Å². The maximum atomic E-state index is 10.3. The monoisotopic (exact) mass is 211 g/mol.